The van der Waals surface area contributed by atoms with Gasteiger partial charge in [0.2, 0.25) is 5.91 Å². The number of H-pyrrole nitrogens is 1. The van der Waals surface area contributed by atoms with Gasteiger partial charge in [0.15, 0.2) is 0 Å². The summed E-state index contributed by atoms with van der Waals surface area (Å²) in [5, 5.41) is 0.585. The van der Waals surface area contributed by atoms with Crippen molar-refractivity contribution in [3.63, 3.8) is 0 Å². The zero-order valence-corrected chi connectivity index (χ0v) is 16.2. The second-order valence-electron chi connectivity index (χ2n) is 7.78. The number of piperidine rings is 1. The number of carbonyl (C=O) groups excluding carboxylic acids is 1. The molecule has 2 aromatic rings. The van der Waals surface area contributed by atoms with Gasteiger partial charge in [0.1, 0.15) is 5.82 Å². The van der Waals surface area contributed by atoms with Crippen molar-refractivity contribution < 1.29 is 9.53 Å². The fourth-order valence-electron chi connectivity index (χ4n) is 4.12. The van der Waals surface area contributed by atoms with Crippen molar-refractivity contribution in [2.45, 2.75) is 44.8 Å². The van der Waals surface area contributed by atoms with E-state index in [0.29, 0.717) is 36.4 Å². The molecule has 1 amide bonds. The van der Waals surface area contributed by atoms with Crippen LogP contribution in [-0.2, 0) is 16.1 Å². The van der Waals surface area contributed by atoms with Gasteiger partial charge in [-0.25, -0.2) is 4.98 Å². The number of likely N-dealkylation sites (tertiary alicyclic amines) is 1. The summed E-state index contributed by atoms with van der Waals surface area (Å²) < 4.78 is 5.78. The first-order valence-electron chi connectivity index (χ1n) is 10.3. The smallest absolute Gasteiger partial charge is 0.258 e. The van der Waals surface area contributed by atoms with Crippen LogP contribution in [0.1, 0.15) is 37.9 Å². The molecule has 2 aliphatic rings. The number of ether oxygens (including phenoxy) is 1. The Labute approximate surface area is 164 Å². The van der Waals surface area contributed by atoms with Crippen molar-refractivity contribution in [3.05, 3.63) is 40.4 Å². The van der Waals surface area contributed by atoms with E-state index in [1.54, 1.807) is 6.07 Å². The summed E-state index contributed by atoms with van der Waals surface area (Å²) in [4.78, 5) is 36.7. The number of para-hydroxylation sites is 1. The second kappa shape index (κ2) is 8.84. The van der Waals surface area contributed by atoms with Crippen molar-refractivity contribution in [1.82, 2.24) is 19.8 Å². The van der Waals surface area contributed by atoms with Crippen LogP contribution in [0.5, 0.6) is 0 Å². The van der Waals surface area contributed by atoms with E-state index in [-0.39, 0.29) is 17.6 Å². The van der Waals surface area contributed by atoms with Gasteiger partial charge in [-0.3, -0.25) is 14.5 Å². The summed E-state index contributed by atoms with van der Waals surface area (Å²) in [5.74, 6) is 0.744. The van der Waals surface area contributed by atoms with Gasteiger partial charge in [-0.2, -0.15) is 0 Å². The maximum absolute atomic E-state index is 12.8. The minimum atomic E-state index is -0.139. The third-order valence-corrected chi connectivity index (χ3v) is 5.59. The fourth-order valence-corrected chi connectivity index (χ4v) is 4.12. The molecule has 0 saturated carbocycles. The molecule has 1 N–H and O–H groups in total. The van der Waals surface area contributed by atoms with Crippen molar-refractivity contribution >= 4 is 16.8 Å². The average Bonchev–Trinajstić information content (AvgIpc) is 3.21. The maximum Gasteiger partial charge on any atom is 0.258 e. The van der Waals surface area contributed by atoms with E-state index in [0.717, 1.165) is 45.4 Å². The largest absolute Gasteiger partial charge is 0.377 e. The van der Waals surface area contributed by atoms with Crippen LogP contribution in [0.2, 0.25) is 0 Å². The molecule has 150 valence electrons. The summed E-state index contributed by atoms with van der Waals surface area (Å²) >= 11 is 0. The molecule has 2 aliphatic heterocycles. The molecule has 0 radical (unpaired) electrons. The summed E-state index contributed by atoms with van der Waals surface area (Å²) in [6.07, 6.45) is 5.57. The lowest BCUT2D eigenvalue weighted by Crippen LogP contribution is -2.44. The first kappa shape index (κ1) is 19.1. The Bertz CT molecular complexity index is 869. The van der Waals surface area contributed by atoms with Gasteiger partial charge < -0.3 is 14.6 Å². The number of nitrogens with one attached hydrogen (secondary N) is 1. The number of amides is 1. The normalized spacial score (nSPS) is 20.2. The Kier molecular flexibility index (Phi) is 6.02. The summed E-state index contributed by atoms with van der Waals surface area (Å²) in [6.45, 7) is 3.91. The predicted octanol–water partition coefficient (Wildman–Crippen LogP) is 1.92. The van der Waals surface area contributed by atoms with Gasteiger partial charge in [0, 0.05) is 26.2 Å². The molecule has 0 spiro atoms. The number of aromatic amines is 1. The second-order valence-corrected chi connectivity index (χ2v) is 7.78. The zero-order chi connectivity index (χ0) is 19.3. The van der Waals surface area contributed by atoms with Crippen LogP contribution in [0.4, 0.5) is 0 Å². The molecule has 0 bridgehead atoms. The van der Waals surface area contributed by atoms with Crippen LogP contribution in [0.15, 0.2) is 29.1 Å². The number of rotatable bonds is 6. The highest BCUT2D eigenvalue weighted by Gasteiger charge is 2.24. The number of fused-ring (bicyclic) bond motifs is 1. The van der Waals surface area contributed by atoms with E-state index in [1.165, 1.54) is 6.42 Å². The van der Waals surface area contributed by atoms with E-state index in [4.69, 9.17) is 4.74 Å². The first-order valence-corrected chi connectivity index (χ1v) is 10.3. The van der Waals surface area contributed by atoms with E-state index >= 15 is 0 Å². The van der Waals surface area contributed by atoms with Gasteiger partial charge >= 0.3 is 0 Å². The Morgan fingerprint density at radius 1 is 1.21 bits per heavy atom. The molecule has 2 saturated heterocycles. The Morgan fingerprint density at radius 2 is 2.04 bits per heavy atom. The highest BCUT2D eigenvalue weighted by atomic mass is 16.5. The van der Waals surface area contributed by atoms with Crippen LogP contribution >= 0.6 is 0 Å². The molecule has 2 fully saturated rings. The number of hydrogen-bond acceptors (Lipinski definition) is 5. The van der Waals surface area contributed by atoms with Crippen molar-refractivity contribution in [2.75, 3.05) is 32.8 Å². The molecule has 1 atom stereocenters. The lowest BCUT2D eigenvalue weighted by Gasteiger charge is -2.30. The van der Waals surface area contributed by atoms with Gasteiger partial charge in [0.05, 0.1) is 30.1 Å². The Morgan fingerprint density at radius 3 is 2.82 bits per heavy atom. The summed E-state index contributed by atoms with van der Waals surface area (Å²) in [6, 6.07) is 7.33. The predicted molar refractivity (Wildman–Crippen MR) is 107 cm³/mol. The minimum Gasteiger partial charge on any atom is -0.377 e. The zero-order valence-electron chi connectivity index (χ0n) is 16.2. The quantitative estimate of drug-likeness (QED) is 0.823. The van der Waals surface area contributed by atoms with Gasteiger partial charge in [-0.15, -0.1) is 0 Å². The number of benzene rings is 1. The van der Waals surface area contributed by atoms with Crippen LogP contribution < -0.4 is 5.56 Å². The standard InChI is InChI=1S/C21H28N4O3/c26-20(25-10-4-1-5-11-25)15-24(13-16-7-6-12-28-16)14-19-22-18-9-3-2-8-17(18)21(27)23-19/h2-3,8-9,16H,1,4-7,10-15H2,(H,22,23,27)/t16-/m1/s1. The summed E-state index contributed by atoms with van der Waals surface area (Å²) in [7, 11) is 0. The van der Waals surface area contributed by atoms with Crippen LogP contribution in [0, 0.1) is 0 Å². The maximum atomic E-state index is 12.8. The van der Waals surface area contributed by atoms with Gasteiger partial charge in [-0.05, 0) is 44.2 Å². The molecule has 3 heterocycles. The monoisotopic (exact) mass is 384 g/mol. The summed E-state index contributed by atoms with van der Waals surface area (Å²) in [5.41, 5.74) is 0.542. The lowest BCUT2D eigenvalue weighted by molar-refractivity contribution is -0.133. The van der Waals surface area contributed by atoms with E-state index in [2.05, 4.69) is 14.9 Å². The van der Waals surface area contributed by atoms with Gasteiger partial charge in [0.25, 0.3) is 5.56 Å². The van der Waals surface area contributed by atoms with Crippen molar-refractivity contribution in [3.8, 4) is 0 Å². The van der Waals surface area contributed by atoms with Crippen LogP contribution in [0.25, 0.3) is 10.9 Å². The minimum absolute atomic E-state index is 0.139. The number of carbonyl (C=O) groups is 1. The third kappa shape index (κ3) is 4.59. The van der Waals surface area contributed by atoms with Gasteiger partial charge in [-0.1, -0.05) is 12.1 Å². The van der Waals surface area contributed by atoms with Crippen LogP contribution in [-0.4, -0.2) is 64.6 Å². The Hall–Kier alpha value is -2.25. The third-order valence-electron chi connectivity index (χ3n) is 5.59. The highest BCUT2D eigenvalue weighted by Crippen LogP contribution is 2.16. The number of aromatic nitrogens is 2. The molecule has 0 unspecified atom stereocenters. The fraction of sp³-hybridized carbons (Fsp3) is 0.571. The molecule has 7 heteroatoms. The van der Waals surface area contributed by atoms with Crippen molar-refractivity contribution in [2.24, 2.45) is 0 Å². The molecular formula is C21H28N4O3. The molecule has 28 heavy (non-hydrogen) atoms. The molecule has 4 rings (SSSR count). The first-order chi connectivity index (χ1) is 13.7. The van der Waals surface area contributed by atoms with E-state index in [1.807, 2.05) is 23.1 Å². The molecular weight excluding hydrogens is 356 g/mol. The molecule has 1 aromatic heterocycles. The number of nitrogens with zero attached hydrogens (tertiary/aromatic N) is 3. The van der Waals surface area contributed by atoms with Crippen LogP contribution in [0.3, 0.4) is 0 Å². The topological polar surface area (TPSA) is 78.5 Å². The van der Waals surface area contributed by atoms with E-state index < -0.39 is 0 Å². The number of hydrogen-bond donors (Lipinski definition) is 1. The SMILES string of the molecule is O=C(CN(Cc1nc2ccccc2c(=O)[nH]1)C[C@H]1CCCO1)N1CCCCC1. The average molecular weight is 384 g/mol. The highest BCUT2D eigenvalue weighted by molar-refractivity contribution is 5.78. The van der Waals surface area contributed by atoms with E-state index in [9.17, 15) is 9.59 Å². The molecule has 1 aromatic carbocycles. The molecule has 0 aliphatic carbocycles. The Balaban J connectivity index is 1.51. The molecule has 7 nitrogen and oxygen atoms in total. The lowest BCUT2D eigenvalue weighted by atomic mass is 10.1. The van der Waals surface area contributed by atoms with Crippen molar-refractivity contribution in [1.29, 1.82) is 0 Å².